The van der Waals surface area contributed by atoms with Crippen LogP contribution in [0.1, 0.15) is 25.1 Å². The number of phenols is 1. The maximum Gasteiger partial charge on any atom is 0.319 e. The van der Waals surface area contributed by atoms with Crippen molar-refractivity contribution in [3.63, 3.8) is 0 Å². The quantitative estimate of drug-likeness (QED) is 0.346. The lowest BCUT2D eigenvalue weighted by atomic mass is 9.98. The van der Waals surface area contributed by atoms with Gasteiger partial charge < -0.3 is 19.3 Å². The molecule has 1 aliphatic carbocycles. The molecule has 0 spiro atoms. The van der Waals surface area contributed by atoms with Gasteiger partial charge in [0.2, 0.25) is 0 Å². The Morgan fingerprint density at radius 3 is 2.66 bits per heavy atom. The number of halogens is 1. The lowest BCUT2D eigenvalue weighted by molar-refractivity contribution is 0.269. The van der Waals surface area contributed by atoms with Crippen LogP contribution >= 0.6 is 0 Å². The molecule has 7 rings (SSSR count). The summed E-state index contributed by atoms with van der Waals surface area (Å²) in [4.78, 5) is 20.4. The fourth-order valence-corrected chi connectivity index (χ4v) is 6.05. The van der Waals surface area contributed by atoms with Crippen molar-refractivity contribution in [1.29, 1.82) is 0 Å². The monoisotopic (exact) mass is 510 g/mol. The Morgan fingerprint density at radius 2 is 1.87 bits per heavy atom. The molecule has 4 heterocycles. The Bertz CT molecular complexity index is 1670. The predicted molar refractivity (Wildman–Crippen MR) is 142 cm³/mol. The van der Waals surface area contributed by atoms with E-state index in [9.17, 15) is 5.11 Å². The van der Waals surface area contributed by atoms with Gasteiger partial charge in [-0.2, -0.15) is 9.97 Å². The second-order valence-electron chi connectivity index (χ2n) is 10.4. The van der Waals surface area contributed by atoms with Gasteiger partial charge in [0.1, 0.15) is 35.2 Å². The molecule has 9 heteroatoms. The van der Waals surface area contributed by atoms with Crippen molar-refractivity contribution in [3.05, 3.63) is 66.6 Å². The maximum absolute atomic E-state index is 16.4. The zero-order valence-electron chi connectivity index (χ0n) is 21.0. The molecule has 3 aromatic heterocycles. The highest BCUT2D eigenvalue weighted by Gasteiger charge is 2.34. The molecular weight excluding hydrogens is 483 g/mol. The molecular formula is C29H27FN6O2. The number of fused-ring (bicyclic) bond motifs is 4. The summed E-state index contributed by atoms with van der Waals surface area (Å²) in [5, 5.41) is 12.5. The molecule has 2 aromatic carbocycles. The predicted octanol–water partition coefficient (Wildman–Crippen LogP) is 5.24. The van der Waals surface area contributed by atoms with E-state index in [0.717, 1.165) is 23.9 Å². The molecule has 5 aromatic rings. The average molecular weight is 511 g/mol. The van der Waals surface area contributed by atoms with Crippen LogP contribution in [0.15, 0.2) is 55.0 Å². The topological polar surface area (TPSA) is 89.2 Å². The number of nitrogens with zero attached hydrogens (tertiary/aromatic N) is 6. The highest BCUT2D eigenvalue weighted by Crippen LogP contribution is 2.41. The van der Waals surface area contributed by atoms with Gasteiger partial charge in [-0.3, -0.25) is 4.98 Å². The van der Waals surface area contributed by atoms with Gasteiger partial charge in [0.25, 0.3) is 0 Å². The maximum atomic E-state index is 16.4. The summed E-state index contributed by atoms with van der Waals surface area (Å²) in [7, 11) is 1.89. The minimum atomic E-state index is -0.566. The van der Waals surface area contributed by atoms with E-state index in [1.807, 2.05) is 42.1 Å². The van der Waals surface area contributed by atoms with Gasteiger partial charge in [0.05, 0.1) is 5.39 Å². The van der Waals surface area contributed by atoms with Crippen LogP contribution in [0.4, 0.5) is 10.2 Å². The number of imidazole rings is 1. The number of benzene rings is 2. The van der Waals surface area contributed by atoms with Gasteiger partial charge in [0.15, 0.2) is 5.82 Å². The summed E-state index contributed by atoms with van der Waals surface area (Å²) in [6.45, 7) is 1.92. The smallest absolute Gasteiger partial charge is 0.319 e. The third kappa shape index (κ3) is 3.89. The Kier molecular flexibility index (Phi) is 5.38. The lowest BCUT2D eigenvalue weighted by Crippen LogP contribution is -2.37. The van der Waals surface area contributed by atoms with E-state index < -0.39 is 5.82 Å². The fraction of sp³-hybridized carbons (Fsp3) is 0.310. The zero-order valence-corrected chi connectivity index (χ0v) is 21.0. The summed E-state index contributed by atoms with van der Waals surface area (Å²) < 4.78 is 24.2. The van der Waals surface area contributed by atoms with Gasteiger partial charge in [-0.15, -0.1) is 0 Å². The number of pyridine rings is 1. The summed E-state index contributed by atoms with van der Waals surface area (Å²) in [5.74, 6) is 2.08. The van der Waals surface area contributed by atoms with Crippen molar-refractivity contribution < 1.29 is 14.2 Å². The summed E-state index contributed by atoms with van der Waals surface area (Å²) in [5.41, 5.74) is 0.787. The summed E-state index contributed by atoms with van der Waals surface area (Å²) in [6, 6.07) is 10.8. The molecule has 2 aliphatic rings. The first-order valence-electron chi connectivity index (χ1n) is 13.0. The number of aryl methyl sites for hydroxylation is 1. The molecule has 1 saturated heterocycles. The van der Waals surface area contributed by atoms with E-state index >= 15 is 4.39 Å². The van der Waals surface area contributed by atoms with Crippen LogP contribution in [0.2, 0.25) is 0 Å². The average Bonchev–Trinajstić information content (AvgIpc) is 3.50. The van der Waals surface area contributed by atoms with E-state index in [4.69, 9.17) is 9.72 Å². The number of rotatable bonds is 5. The van der Waals surface area contributed by atoms with Crippen molar-refractivity contribution in [2.75, 3.05) is 18.0 Å². The summed E-state index contributed by atoms with van der Waals surface area (Å²) >= 11 is 0. The Balaban J connectivity index is 1.38. The second-order valence-corrected chi connectivity index (χ2v) is 10.4. The van der Waals surface area contributed by atoms with Gasteiger partial charge in [-0.25, -0.2) is 9.37 Å². The Labute approximate surface area is 218 Å². The molecule has 2 fully saturated rings. The molecule has 1 aliphatic heterocycles. The Hall–Kier alpha value is -4.27. The summed E-state index contributed by atoms with van der Waals surface area (Å²) in [6.07, 6.45) is 8.87. The minimum absolute atomic E-state index is 0.0475. The van der Waals surface area contributed by atoms with Crippen LogP contribution in [-0.2, 0) is 13.7 Å². The third-order valence-electron chi connectivity index (χ3n) is 7.90. The molecule has 1 N–H and O–H groups in total. The second kappa shape index (κ2) is 8.93. The number of piperidine rings is 1. The number of hydrogen-bond acceptors (Lipinski definition) is 7. The van der Waals surface area contributed by atoms with Crippen LogP contribution in [0.25, 0.3) is 32.9 Å². The van der Waals surface area contributed by atoms with Crippen molar-refractivity contribution >= 4 is 27.5 Å². The van der Waals surface area contributed by atoms with Crippen molar-refractivity contribution in [3.8, 4) is 23.0 Å². The number of aromatic hydroxyl groups is 1. The molecule has 1 saturated carbocycles. The zero-order chi connectivity index (χ0) is 25.8. The first-order chi connectivity index (χ1) is 18.5. The number of aromatic nitrogens is 5. The van der Waals surface area contributed by atoms with Gasteiger partial charge in [-0.1, -0.05) is 24.3 Å². The van der Waals surface area contributed by atoms with Crippen LogP contribution < -0.4 is 9.64 Å². The van der Waals surface area contributed by atoms with Crippen LogP contribution in [0.5, 0.6) is 11.8 Å². The number of phenolic OH excluding ortho intramolecular Hbond substituents is 1. The molecule has 8 nitrogen and oxygen atoms in total. The fourth-order valence-electron chi connectivity index (χ4n) is 6.05. The first kappa shape index (κ1) is 22.9. The van der Waals surface area contributed by atoms with Crippen LogP contribution in [0, 0.1) is 17.7 Å². The van der Waals surface area contributed by atoms with Crippen LogP contribution in [-0.4, -0.2) is 42.7 Å². The van der Waals surface area contributed by atoms with E-state index in [-0.39, 0.29) is 29.6 Å². The van der Waals surface area contributed by atoms with Crippen molar-refractivity contribution in [2.24, 2.45) is 18.9 Å². The van der Waals surface area contributed by atoms with Crippen LogP contribution in [0.3, 0.4) is 0 Å². The van der Waals surface area contributed by atoms with E-state index in [1.165, 1.54) is 19.3 Å². The largest absolute Gasteiger partial charge is 0.508 e. The third-order valence-corrected chi connectivity index (χ3v) is 7.90. The highest BCUT2D eigenvalue weighted by molar-refractivity contribution is 5.99. The molecule has 38 heavy (non-hydrogen) atoms. The van der Waals surface area contributed by atoms with Gasteiger partial charge in [0, 0.05) is 44.3 Å². The molecule has 0 radical (unpaired) electrons. The molecule has 192 valence electrons. The highest BCUT2D eigenvalue weighted by atomic mass is 19.1. The van der Waals surface area contributed by atoms with Crippen molar-refractivity contribution in [1.82, 2.24) is 24.5 Å². The molecule has 2 unspecified atom stereocenters. The first-order valence-corrected chi connectivity index (χ1v) is 13.0. The van der Waals surface area contributed by atoms with E-state index in [1.54, 1.807) is 24.5 Å². The normalized spacial score (nSPS) is 18.9. The standard InChI is InChI=1S/C29H27FN6O2/c1-35-9-8-31-24(35)16-38-29-33-27-23(28(34-29)36-14-17-6-7-18(10-17)15-36)13-32-26(25(27)30)22-12-20(37)11-19-4-2-3-5-21(19)22/h2-5,8-9,11-13,17-18,37H,6-7,10,14-16H2,1H3. The number of hydrogen-bond donors (Lipinski definition) is 1. The number of anilines is 1. The van der Waals surface area contributed by atoms with Gasteiger partial charge in [-0.05, 0) is 54.0 Å². The number of ether oxygens (including phenoxy) is 1. The molecule has 2 bridgehead atoms. The van der Waals surface area contributed by atoms with E-state index in [2.05, 4.69) is 19.9 Å². The SMILES string of the molecule is Cn1ccnc1COc1nc(N2CC3CCC(C3)C2)c2cnc(-c3cc(O)cc4ccccc34)c(F)c2n1. The molecule has 2 atom stereocenters. The van der Waals surface area contributed by atoms with Crippen molar-refractivity contribution in [2.45, 2.75) is 25.9 Å². The molecule has 0 amide bonds. The van der Waals surface area contributed by atoms with Gasteiger partial charge >= 0.3 is 6.01 Å². The Morgan fingerprint density at radius 1 is 1.05 bits per heavy atom. The van der Waals surface area contributed by atoms with E-state index in [0.29, 0.717) is 34.4 Å². The lowest BCUT2D eigenvalue weighted by Gasteiger charge is -2.33. The minimum Gasteiger partial charge on any atom is -0.508 e.